The summed E-state index contributed by atoms with van der Waals surface area (Å²) in [6.45, 7) is 1.85. The number of ether oxygens (including phenoxy) is 1. The zero-order valence-corrected chi connectivity index (χ0v) is 19.5. The lowest BCUT2D eigenvalue weighted by atomic mass is 10.1. The minimum absolute atomic E-state index is 0.0358. The zero-order chi connectivity index (χ0) is 23.4. The van der Waals surface area contributed by atoms with E-state index in [0.29, 0.717) is 0 Å². The van der Waals surface area contributed by atoms with Gasteiger partial charge < -0.3 is 4.74 Å². The number of carbonyl (C=O) groups is 3. The third kappa shape index (κ3) is 4.89. The normalized spacial score (nSPS) is 10.5. The number of benzene rings is 2. The van der Waals surface area contributed by atoms with Crippen molar-refractivity contribution >= 4 is 70.0 Å². The Morgan fingerprint density at radius 2 is 1.28 bits per heavy atom. The fourth-order valence-corrected chi connectivity index (χ4v) is 3.90. The van der Waals surface area contributed by atoms with E-state index in [1.165, 1.54) is 42.6 Å². The summed E-state index contributed by atoms with van der Waals surface area (Å²) in [4.78, 5) is 43.7. The van der Waals surface area contributed by atoms with Crippen LogP contribution in [-0.2, 0) is 4.74 Å². The first-order valence-corrected chi connectivity index (χ1v) is 10.7. The van der Waals surface area contributed by atoms with Crippen molar-refractivity contribution < 1.29 is 19.1 Å². The molecule has 0 aliphatic rings. The van der Waals surface area contributed by atoms with E-state index in [-0.39, 0.29) is 49.2 Å². The maximum atomic E-state index is 13.5. The third-order valence-corrected chi connectivity index (χ3v) is 5.51. The van der Waals surface area contributed by atoms with Gasteiger partial charge in [-0.25, -0.2) is 14.7 Å². The molecule has 2 amide bonds. The highest BCUT2D eigenvalue weighted by Gasteiger charge is 2.32. The van der Waals surface area contributed by atoms with Crippen molar-refractivity contribution in [2.45, 2.75) is 6.92 Å². The topological polar surface area (TPSA) is 76.6 Å². The van der Waals surface area contributed by atoms with Crippen LogP contribution in [-0.4, -0.2) is 29.4 Å². The lowest BCUT2D eigenvalue weighted by Gasteiger charge is -2.22. The first-order valence-electron chi connectivity index (χ1n) is 9.16. The number of aromatic nitrogens is 1. The van der Waals surface area contributed by atoms with E-state index in [9.17, 15) is 14.4 Å². The Hall–Kier alpha value is -2.64. The summed E-state index contributed by atoms with van der Waals surface area (Å²) in [7, 11) is 0. The van der Waals surface area contributed by atoms with Gasteiger partial charge in [0.15, 0.2) is 0 Å². The Morgan fingerprint density at radius 3 is 1.66 bits per heavy atom. The molecule has 32 heavy (non-hydrogen) atoms. The van der Waals surface area contributed by atoms with Gasteiger partial charge in [-0.05, 0) is 43.3 Å². The maximum absolute atomic E-state index is 13.5. The minimum Gasteiger partial charge on any atom is -0.462 e. The average Bonchev–Trinajstić information content (AvgIpc) is 2.74. The second-order valence-electron chi connectivity index (χ2n) is 6.26. The van der Waals surface area contributed by atoms with Crippen molar-refractivity contribution in [2.75, 3.05) is 11.5 Å². The van der Waals surface area contributed by atoms with Gasteiger partial charge >= 0.3 is 5.97 Å². The van der Waals surface area contributed by atoms with Crippen molar-refractivity contribution in [2.24, 2.45) is 0 Å². The molecule has 3 rings (SSSR count). The third-order valence-electron chi connectivity index (χ3n) is 4.25. The number of carbonyl (C=O) groups excluding carboxylic acids is 3. The summed E-state index contributed by atoms with van der Waals surface area (Å²) >= 11 is 24.8. The van der Waals surface area contributed by atoms with Crippen LogP contribution in [0.3, 0.4) is 0 Å². The molecule has 2 aromatic carbocycles. The number of imide groups is 1. The van der Waals surface area contributed by atoms with Crippen molar-refractivity contribution in [3.05, 3.63) is 91.5 Å². The van der Waals surface area contributed by atoms with E-state index in [1.54, 1.807) is 19.1 Å². The summed E-state index contributed by atoms with van der Waals surface area (Å²) in [6, 6.07) is 11.7. The van der Waals surface area contributed by atoms with Gasteiger partial charge in [0.25, 0.3) is 11.8 Å². The number of rotatable bonds is 5. The number of amides is 2. The van der Waals surface area contributed by atoms with Crippen molar-refractivity contribution in [1.29, 1.82) is 0 Å². The molecule has 3 aromatic rings. The average molecular weight is 512 g/mol. The molecule has 0 aliphatic carbocycles. The number of anilines is 1. The molecule has 0 radical (unpaired) electrons. The molecule has 0 atom stereocenters. The summed E-state index contributed by atoms with van der Waals surface area (Å²) in [5.41, 5.74) is -0.0748. The largest absolute Gasteiger partial charge is 0.462 e. The van der Waals surface area contributed by atoms with Crippen LogP contribution in [0.1, 0.15) is 38.0 Å². The van der Waals surface area contributed by atoms with E-state index in [2.05, 4.69) is 4.98 Å². The Balaban J connectivity index is 2.15. The van der Waals surface area contributed by atoms with Crippen LogP contribution in [0.25, 0.3) is 0 Å². The van der Waals surface area contributed by atoms with Crippen LogP contribution in [0.4, 0.5) is 5.82 Å². The zero-order valence-electron chi connectivity index (χ0n) is 16.4. The highest BCUT2D eigenvalue weighted by atomic mass is 35.5. The standard InChI is InChI=1S/C22H14Cl4N2O4/c1-2-32-22(31)12-9-10-17(27-11-12)28(20(29)18-13(23)5-3-6-14(18)24)21(30)19-15(25)7-4-8-16(19)26/h3-11H,2H2,1H3. The van der Waals surface area contributed by atoms with Crippen LogP contribution in [0.5, 0.6) is 0 Å². The molecule has 0 unspecified atom stereocenters. The molecular formula is C22H14Cl4N2O4. The molecule has 1 aromatic heterocycles. The first-order chi connectivity index (χ1) is 15.3. The first kappa shape index (κ1) is 24.0. The molecule has 6 nitrogen and oxygen atoms in total. The molecule has 0 N–H and O–H groups in total. The predicted octanol–water partition coefficient (Wildman–Crippen LogP) is 6.36. The maximum Gasteiger partial charge on any atom is 0.339 e. The number of nitrogens with zero attached hydrogens (tertiary/aromatic N) is 2. The minimum atomic E-state index is -0.849. The SMILES string of the molecule is CCOC(=O)c1ccc(N(C(=O)c2c(Cl)cccc2Cl)C(=O)c2c(Cl)cccc2Cl)nc1. The Kier molecular flexibility index (Phi) is 7.74. The summed E-state index contributed by atoms with van der Waals surface area (Å²) in [6.07, 6.45) is 1.18. The lowest BCUT2D eigenvalue weighted by Crippen LogP contribution is -2.38. The fraction of sp³-hybridized carbons (Fsp3) is 0.0909. The van der Waals surface area contributed by atoms with Gasteiger partial charge in [0.05, 0.1) is 43.4 Å². The Bertz CT molecular complexity index is 1100. The summed E-state index contributed by atoms with van der Waals surface area (Å²) in [5, 5.41) is 0.143. The number of hydrogen-bond acceptors (Lipinski definition) is 5. The smallest absolute Gasteiger partial charge is 0.339 e. The van der Waals surface area contributed by atoms with Crippen molar-refractivity contribution in [3.8, 4) is 0 Å². The molecular weight excluding hydrogens is 498 g/mol. The van der Waals surface area contributed by atoms with Gasteiger partial charge in [-0.3, -0.25) is 9.59 Å². The van der Waals surface area contributed by atoms with E-state index in [4.69, 9.17) is 51.1 Å². The monoisotopic (exact) mass is 510 g/mol. The van der Waals surface area contributed by atoms with Crippen LogP contribution >= 0.6 is 46.4 Å². The number of halogens is 4. The van der Waals surface area contributed by atoms with Gasteiger partial charge in [-0.2, -0.15) is 0 Å². The van der Waals surface area contributed by atoms with Crippen molar-refractivity contribution in [3.63, 3.8) is 0 Å². The fourth-order valence-electron chi connectivity index (χ4n) is 2.78. The van der Waals surface area contributed by atoms with Crippen molar-refractivity contribution in [1.82, 2.24) is 4.98 Å². The van der Waals surface area contributed by atoms with Gasteiger partial charge in [0, 0.05) is 6.20 Å². The lowest BCUT2D eigenvalue weighted by molar-refractivity contribution is 0.0525. The van der Waals surface area contributed by atoms with Gasteiger partial charge in [-0.15, -0.1) is 0 Å². The summed E-state index contributed by atoms with van der Waals surface area (Å²) in [5.74, 6) is -2.39. The molecule has 0 saturated heterocycles. The number of esters is 1. The molecule has 1 heterocycles. The van der Waals surface area contributed by atoms with Gasteiger partial charge in [-0.1, -0.05) is 58.5 Å². The Labute approximate surface area is 203 Å². The van der Waals surface area contributed by atoms with E-state index >= 15 is 0 Å². The second kappa shape index (κ2) is 10.3. The van der Waals surface area contributed by atoms with Gasteiger partial charge in [0.2, 0.25) is 0 Å². The molecule has 0 spiro atoms. The Morgan fingerprint density at radius 1 is 0.812 bits per heavy atom. The van der Waals surface area contributed by atoms with E-state index in [0.717, 1.165) is 4.90 Å². The van der Waals surface area contributed by atoms with Crippen LogP contribution in [0.15, 0.2) is 54.7 Å². The van der Waals surface area contributed by atoms with E-state index < -0.39 is 17.8 Å². The molecule has 0 bridgehead atoms. The molecule has 0 fully saturated rings. The molecule has 164 valence electrons. The predicted molar refractivity (Wildman–Crippen MR) is 124 cm³/mol. The van der Waals surface area contributed by atoms with Crippen LogP contribution in [0, 0.1) is 0 Å². The number of hydrogen-bond donors (Lipinski definition) is 0. The highest BCUT2D eigenvalue weighted by Crippen LogP contribution is 2.31. The summed E-state index contributed by atoms with van der Waals surface area (Å²) < 4.78 is 4.93. The molecule has 0 aliphatic heterocycles. The molecule has 0 saturated carbocycles. The van der Waals surface area contributed by atoms with Crippen LogP contribution in [0.2, 0.25) is 20.1 Å². The second-order valence-corrected chi connectivity index (χ2v) is 7.89. The quantitative estimate of drug-likeness (QED) is 0.294. The van der Waals surface area contributed by atoms with Crippen LogP contribution < -0.4 is 4.90 Å². The highest BCUT2D eigenvalue weighted by molar-refractivity contribution is 6.45. The van der Waals surface area contributed by atoms with E-state index in [1.807, 2.05) is 0 Å². The molecule has 10 heteroatoms. The van der Waals surface area contributed by atoms with Gasteiger partial charge in [0.1, 0.15) is 5.82 Å². The number of pyridine rings is 1.